The van der Waals surface area contributed by atoms with Crippen molar-refractivity contribution in [1.29, 1.82) is 0 Å². The van der Waals surface area contributed by atoms with Crippen molar-refractivity contribution >= 4 is 21.8 Å². The number of benzene rings is 1. The third-order valence-corrected chi connectivity index (χ3v) is 3.22. The molecule has 0 aromatic heterocycles. The molecule has 0 fully saturated rings. The van der Waals surface area contributed by atoms with E-state index in [0.717, 1.165) is 0 Å². The molecule has 0 saturated heterocycles. The lowest BCUT2D eigenvalue weighted by Crippen LogP contribution is -2.30. The summed E-state index contributed by atoms with van der Waals surface area (Å²) < 4.78 is 16.3. The van der Waals surface area contributed by atoms with Gasteiger partial charge in [0.1, 0.15) is 0 Å². The molecule has 0 aliphatic carbocycles. The number of nitrogens with one attached hydrogen (secondary N) is 1. The summed E-state index contributed by atoms with van der Waals surface area (Å²) in [7, 11) is 4.53. The zero-order valence-electron chi connectivity index (χ0n) is 11.7. The number of hydrogen-bond donors (Lipinski definition) is 1. The predicted octanol–water partition coefficient (Wildman–Crippen LogP) is 2.61. The van der Waals surface area contributed by atoms with Gasteiger partial charge in [-0.05, 0) is 35.8 Å². The highest BCUT2D eigenvalue weighted by atomic mass is 79.9. The van der Waals surface area contributed by atoms with Gasteiger partial charge in [0.15, 0.2) is 11.5 Å². The molecule has 1 N–H and O–H groups in total. The fraction of sp³-hybridized carbons (Fsp3) is 0.462. The van der Waals surface area contributed by atoms with Crippen LogP contribution in [0.3, 0.4) is 0 Å². The van der Waals surface area contributed by atoms with Crippen molar-refractivity contribution in [3.05, 3.63) is 16.1 Å². The van der Waals surface area contributed by atoms with Crippen LogP contribution in [-0.4, -0.2) is 33.3 Å². The summed E-state index contributed by atoms with van der Waals surface area (Å²) in [4.78, 5) is 12.1. The van der Waals surface area contributed by atoms with Gasteiger partial charge in [-0.1, -0.05) is 0 Å². The zero-order chi connectivity index (χ0) is 14.6. The average molecular weight is 332 g/mol. The van der Waals surface area contributed by atoms with Gasteiger partial charge in [-0.15, -0.1) is 0 Å². The van der Waals surface area contributed by atoms with E-state index >= 15 is 0 Å². The van der Waals surface area contributed by atoms with E-state index in [9.17, 15) is 4.79 Å². The van der Waals surface area contributed by atoms with Gasteiger partial charge in [-0.2, -0.15) is 0 Å². The highest BCUT2D eigenvalue weighted by molar-refractivity contribution is 9.10. The third-order valence-electron chi connectivity index (χ3n) is 2.43. The van der Waals surface area contributed by atoms with Crippen molar-refractivity contribution in [3.63, 3.8) is 0 Å². The quantitative estimate of drug-likeness (QED) is 0.901. The maximum Gasteiger partial charge on any atom is 0.252 e. The molecule has 1 rings (SSSR count). The number of ether oxygens (including phenoxy) is 3. The van der Waals surface area contributed by atoms with Crippen molar-refractivity contribution in [2.24, 2.45) is 0 Å². The van der Waals surface area contributed by atoms with E-state index in [-0.39, 0.29) is 11.9 Å². The van der Waals surface area contributed by atoms with E-state index in [1.54, 1.807) is 6.07 Å². The van der Waals surface area contributed by atoms with Gasteiger partial charge in [0, 0.05) is 6.04 Å². The first-order valence-electron chi connectivity index (χ1n) is 5.75. The fourth-order valence-corrected chi connectivity index (χ4v) is 2.26. The van der Waals surface area contributed by atoms with Crippen molar-refractivity contribution in [3.8, 4) is 17.2 Å². The summed E-state index contributed by atoms with van der Waals surface area (Å²) in [6.07, 6.45) is 0. The average Bonchev–Trinajstić information content (AvgIpc) is 2.36. The van der Waals surface area contributed by atoms with Crippen LogP contribution < -0.4 is 19.5 Å². The lowest BCUT2D eigenvalue weighted by Gasteiger charge is -2.17. The van der Waals surface area contributed by atoms with E-state index in [0.29, 0.717) is 27.3 Å². The Morgan fingerprint density at radius 1 is 1.16 bits per heavy atom. The minimum absolute atomic E-state index is 0.0403. The molecule has 19 heavy (non-hydrogen) atoms. The summed E-state index contributed by atoms with van der Waals surface area (Å²) in [6.45, 7) is 3.79. The third kappa shape index (κ3) is 3.32. The molecule has 1 aromatic carbocycles. The smallest absolute Gasteiger partial charge is 0.252 e. The molecule has 0 saturated carbocycles. The largest absolute Gasteiger partial charge is 0.493 e. The normalized spacial score (nSPS) is 10.3. The van der Waals surface area contributed by atoms with Crippen LogP contribution in [0.1, 0.15) is 24.2 Å². The monoisotopic (exact) mass is 331 g/mol. The molecule has 1 aromatic rings. The summed E-state index contributed by atoms with van der Waals surface area (Å²) in [5.41, 5.74) is 0.434. The molecule has 0 heterocycles. The summed E-state index contributed by atoms with van der Waals surface area (Å²) in [5, 5.41) is 2.82. The van der Waals surface area contributed by atoms with Crippen LogP contribution in [0.4, 0.5) is 0 Å². The number of carbonyl (C=O) groups excluding carboxylic acids is 1. The Balaban J connectivity index is 3.37. The molecule has 106 valence electrons. The van der Waals surface area contributed by atoms with Gasteiger partial charge in [0.05, 0.1) is 31.4 Å². The number of hydrogen-bond acceptors (Lipinski definition) is 4. The zero-order valence-corrected chi connectivity index (χ0v) is 13.3. The Labute approximate surface area is 121 Å². The molecule has 0 aliphatic rings. The van der Waals surface area contributed by atoms with Crippen molar-refractivity contribution < 1.29 is 19.0 Å². The van der Waals surface area contributed by atoms with E-state index in [1.165, 1.54) is 21.3 Å². The Morgan fingerprint density at radius 3 is 2.16 bits per heavy atom. The van der Waals surface area contributed by atoms with Crippen molar-refractivity contribution in [1.82, 2.24) is 5.32 Å². The second kappa shape index (κ2) is 6.65. The number of halogens is 1. The van der Waals surface area contributed by atoms with Gasteiger partial charge in [0.25, 0.3) is 5.91 Å². The lowest BCUT2D eigenvalue weighted by atomic mass is 10.1. The van der Waals surface area contributed by atoms with E-state index in [1.807, 2.05) is 13.8 Å². The topological polar surface area (TPSA) is 56.8 Å². The van der Waals surface area contributed by atoms with Gasteiger partial charge < -0.3 is 19.5 Å². The van der Waals surface area contributed by atoms with Crippen molar-refractivity contribution in [2.75, 3.05) is 21.3 Å². The SMILES string of the molecule is COc1cc(C(=O)NC(C)C)c(Br)c(OC)c1OC. The highest BCUT2D eigenvalue weighted by Crippen LogP contribution is 2.44. The predicted molar refractivity (Wildman–Crippen MR) is 76.4 cm³/mol. The molecule has 5 nitrogen and oxygen atoms in total. The number of amides is 1. The molecule has 0 unspecified atom stereocenters. The maximum absolute atomic E-state index is 12.1. The molecule has 0 spiro atoms. The summed E-state index contributed by atoms with van der Waals surface area (Å²) in [6, 6.07) is 1.65. The van der Waals surface area contributed by atoms with Crippen LogP contribution in [0.5, 0.6) is 17.2 Å². The van der Waals surface area contributed by atoms with Crippen LogP contribution in [0.25, 0.3) is 0 Å². The number of methoxy groups -OCH3 is 3. The van der Waals surface area contributed by atoms with Crippen LogP contribution >= 0.6 is 15.9 Å². The molecular formula is C13H18BrNO4. The Bertz CT molecular complexity index is 474. The molecule has 0 bridgehead atoms. The second-order valence-corrected chi connectivity index (χ2v) is 4.93. The molecule has 0 atom stereocenters. The van der Waals surface area contributed by atoms with E-state index in [4.69, 9.17) is 14.2 Å². The molecule has 1 amide bonds. The van der Waals surface area contributed by atoms with Gasteiger partial charge in [-0.3, -0.25) is 4.79 Å². The Hall–Kier alpha value is -1.43. The van der Waals surface area contributed by atoms with Crippen LogP contribution in [0, 0.1) is 0 Å². The van der Waals surface area contributed by atoms with Crippen LogP contribution in [-0.2, 0) is 0 Å². The van der Waals surface area contributed by atoms with Gasteiger partial charge >= 0.3 is 0 Å². The first-order valence-corrected chi connectivity index (χ1v) is 6.54. The maximum atomic E-state index is 12.1. The molecular weight excluding hydrogens is 314 g/mol. The van der Waals surface area contributed by atoms with Gasteiger partial charge in [-0.25, -0.2) is 0 Å². The summed E-state index contributed by atoms with van der Waals surface area (Å²) >= 11 is 3.37. The highest BCUT2D eigenvalue weighted by Gasteiger charge is 2.22. The standard InChI is InChI=1S/C13H18BrNO4/c1-7(2)15-13(16)8-6-9(17-3)11(18-4)12(19-5)10(8)14/h6-7H,1-5H3,(H,15,16). The van der Waals surface area contributed by atoms with Gasteiger partial charge in [0.2, 0.25) is 5.75 Å². The van der Waals surface area contributed by atoms with Crippen LogP contribution in [0.15, 0.2) is 10.5 Å². The molecule has 6 heteroatoms. The minimum Gasteiger partial charge on any atom is -0.493 e. The second-order valence-electron chi connectivity index (χ2n) is 4.14. The van der Waals surface area contributed by atoms with E-state index < -0.39 is 0 Å². The molecule has 0 aliphatic heterocycles. The number of carbonyl (C=O) groups is 1. The number of rotatable bonds is 5. The lowest BCUT2D eigenvalue weighted by molar-refractivity contribution is 0.0941. The van der Waals surface area contributed by atoms with Crippen LogP contribution in [0.2, 0.25) is 0 Å². The minimum atomic E-state index is -0.207. The Kier molecular flexibility index (Phi) is 5.47. The Morgan fingerprint density at radius 2 is 1.74 bits per heavy atom. The first-order chi connectivity index (χ1) is 8.96. The van der Waals surface area contributed by atoms with E-state index in [2.05, 4.69) is 21.2 Å². The first kappa shape index (κ1) is 15.6. The summed E-state index contributed by atoms with van der Waals surface area (Å²) in [5.74, 6) is 1.10. The molecule has 0 radical (unpaired) electrons. The fourth-order valence-electron chi connectivity index (χ4n) is 1.63. The van der Waals surface area contributed by atoms with Crippen molar-refractivity contribution in [2.45, 2.75) is 19.9 Å².